The van der Waals surface area contributed by atoms with E-state index in [1.165, 1.54) is 19.3 Å². The van der Waals surface area contributed by atoms with Crippen LogP contribution in [0.5, 0.6) is 0 Å². The van der Waals surface area contributed by atoms with Crippen molar-refractivity contribution in [3.63, 3.8) is 0 Å². The minimum absolute atomic E-state index is 0.456. The second-order valence-electron chi connectivity index (χ2n) is 3.96. The van der Waals surface area contributed by atoms with Gasteiger partial charge in [0.25, 0.3) is 0 Å². The molecule has 1 heterocycles. The van der Waals surface area contributed by atoms with Crippen LogP contribution in [0.3, 0.4) is 0 Å². The van der Waals surface area contributed by atoms with Crippen LogP contribution in [-0.2, 0) is 11.3 Å². The van der Waals surface area contributed by atoms with Crippen molar-refractivity contribution < 1.29 is 4.74 Å². The molecule has 0 saturated heterocycles. The first-order valence-corrected chi connectivity index (χ1v) is 5.90. The number of aromatic nitrogens is 2. The topological polar surface area (TPSA) is 61.0 Å². The van der Waals surface area contributed by atoms with Crippen molar-refractivity contribution in [1.29, 1.82) is 0 Å². The van der Waals surface area contributed by atoms with Gasteiger partial charge in [0, 0.05) is 18.4 Å². The number of nitrogens with zero attached hydrogens (tertiary/aromatic N) is 2. The number of hydrogen-bond donors (Lipinski definition) is 1. The van der Waals surface area contributed by atoms with Crippen molar-refractivity contribution in [2.75, 3.05) is 12.3 Å². The molecule has 0 spiro atoms. The van der Waals surface area contributed by atoms with Gasteiger partial charge in [0.2, 0.25) is 0 Å². The monoisotopic (exact) mass is 223 g/mol. The SMILES string of the molecule is CCCCCCOCc1nc(C)cc(N)n1. The average molecular weight is 223 g/mol. The number of nitrogen functional groups attached to an aromatic ring is 1. The van der Waals surface area contributed by atoms with E-state index in [2.05, 4.69) is 16.9 Å². The first-order valence-electron chi connectivity index (χ1n) is 5.90. The first kappa shape index (κ1) is 12.9. The lowest BCUT2D eigenvalue weighted by atomic mass is 10.2. The number of hydrogen-bond acceptors (Lipinski definition) is 4. The summed E-state index contributed by atoms with van der Waals surface area (Å²) in [6.45, 7) is 5.34. The van der Waals surface area contributed by atoms with Gasteiger partial charge in [-0.1, -0.05) is 26.2 Å². The highest BCUT2D eigenvalue weighted by molar-refractivity contribution is 5.28. The van der Waals surface area contributed by atoms with E-state index in [1.54, 1.807) is 6.07 Å². The standard InChI is InChI=1S/C12H21N3O/c1-3-4-5-6-7-16-9-12-14-10(2)8-11(13)15-12/h8H,3-7,9H2,1-2H3,(H2,13,14,15). The predicted molar refractivity (Wildman–Crippen MR) is 65.0 cm³/mol. The number of aryl methyl sites for hydroxylation is 1. The number of ether oxygens (including phenoxy) is 1. The summed E-state index contributed by atoms with van der Waals surface area (Å²) >= 11 is 0. The lowest BCUT2D eigenvalue weighted by Crippen LogP contribution is -2.04. The van der Waals surface area contributed by atoms with Gasteiger partial charge in [-0.3, -0.25) is 0 Å². The molecule has 0 fully saturated rings. The molecular weight excluding hydrogens is 202 g/mol. The molecule has 4 nitrogen and oxygen atoms in total. The van der Waals surface area contributed by atoms with Gasteiger partial charge in [-0.2, -0.15) is 0 Å². The van der Waals surface area contributed by atoms with Crippen LogP contribution < -0.4 is 5.73 Å². The van der Waals surface area contributed by atoms with E-state index in [-0.39, 0.29) is 0 Å². The zero-order valence-corrected chi connectivity index (χ0v) is 10.2. The summed E-state index contributed by atoms with van der Waals surface area (Å²) < 4.78 is 5.50. The Balaban J connectivity index is 2.21. The third-order valence-electron chi connectivity index (χ3n) is 2.29. The molecule has 0 unspecified atom stereocenters. The molecule has 0 aromatic carbocycles. The summed E-state index contributed by atoms with van der Waals surface area (Å²) in [5.74, 6) is 1.19. The van der Waals surface area contributed by atoms with Crippen LogP contribution in [0.2, 0.25) is 0 Å². The molecule has 0 amide bonds. The fraction of sp³-hybridized carbons (Fsp3) is 0.667. The highest BCUT2D eigenvalue weighted by Gasteiger charge is 1.99. The van der Waals surface area contributed by atoms with Crippen LogP contribution in [0.4, 0.5) is 5.82 Å². The Labute approximate surface area is 97.2 Å². The minimum atomic E-state index is 0.456. The van der Waals surface area contributed by atoms with E-state index in [4.69, 9.17) is 10.5 Å². The largest absolute Gasteiger partial charge is 0.384 e. The molecule has 0 aliphatic heterocycles. The van der Waals surface area contributed by atoms with Gasteiger partial charge in [0.05, 0.1) is 0 Å². The second-order valence-corrected chi connectivity index (χ2v) is 3.96. The normalized spacial score (nSPS) is 10.6. The molecule has 16 heavy (non-hydrogen) atoms. The van der Waals surface area contributed by atoms with Crippen LogP contribution in [0.25, 0.3) is 0 Å². The number of unbranched alkanes of at least 4 members (excludes halogenated alkanes) is 3. The van der Waals surface area contributed by atoms with Gasteiger partial charge >= 0.3 is 0 Å². The Morgan fingerprint density at radius 2 is 2.06 bits per heavy atom. The molecule has 4 heteroatoms. The lowest BCUT2D eigenvalue weighted by Gasteiger charge is -2.04. The van der Waals surface area contributed by atoms with Crippen LogP contribution in [0, 0.1) is 6.92 Å². The summed E-state index contributed by atoms with van der Waals surface area (Å²) in [5, 5.41) is 0. The summed E-state index contributed by atoms with van der Waals surface area (Å²) in [4.78, 5) is 8.36. The van der Waals surface area contributed by atoms with E-state index in [1.807, 2.05) is 6.92 Å². The third kappa shape index (κ3) is 5.07. The third-order valence-corrected chi connectivity index (χ3v) is 2.29. The molecule has 0 atom stereocenters. The molecule has 0 aliphatic rings. The van der Waals surface area contributed by atoms with Crippen molar-refractivity contribution in [2.24, 2.45) is 0 Å². The number of anilines is 1. The van der Waals surface area contributed by atoms with Gasteiger partial charge < -0.3 is 10.5 Å². The molecule has 1 aromatic rings. The maximum atomic E-state index is 5.62. The summed E-state index contributed by atoms with van der Waals surface area (Å²) in [6, 6.07) is 1.75. The summed E-state index contributed by atoms with van der Waals surface area (Å²) in [6.07, 6.45) is 4.86. The Morgan fingerprint density at radius 1 is 1.25 bits per heavy atom. The van der Waals surface area contributed by atoms with Crippen molar-refractivity contribution in [2.45, 2.75) is 46.1 Å². The molecule has 0 radical (unpaired) electrons. The van der Waals surface area contributed by atoms with Gasteiger partial charge in [-0.15, -0.1) is 0 Å². The molecule has 2 N–H and O–H groups in total. The zero-order valence-electron chi connectivity index (χ0n) is 10.2. The Kier molecular flexibility index (Phi) is 5.78. The quantitative estimate of drug-likeness (QED) is 0.721. The van der Waals surface area contributed by atoms with Crippen molar-refractivity contribution in [3.05, 3.63) is 17.6 Å². The number of nitrogens with two attached hydrogens (primary N) is 1. The maximum absolute atomic E-state index is 5.62. The Morgan fingerprint density at radius 3 is 2.75 bits per heavy atom. The van der Waals surface area contributed by atoms with Gasteiger partial charge in [0.15, 0.2) is 5.82 Å². The molecular formula is C12H21N3O. The summed E-state index contributed by atoms with van der Waals surface area (Å²) in [7, 11) is 0. The fourth-order valence-electron chi connectivity index (χ4n) is 1.52. The minimum Gasteiger partial charge on any atom is -0.384 e. The number of rotatable bonds is 7. The Bertz CT molecular complexity index is 295. The molecule has 0 aliphatic carbocycles. The lowest BCUT2D eigenvalue weighted by molar-refractivity contribution is 0.111. The summed E-state index contributed by atoms with van der Waals surface area (Å²) in [5.41, 5.74) is 6.51. The van der Waals surface area contributed by atoms with Gasteiger partial charge in [-0.25, -0.2) is 9.97 Å². The first-order chi connectivity index (χ1) is 7.72. The molecule has 1 aromatic heterocycles. The van der Waals surface area contributed by atoms with Crippen molar-refractivity contribution in [1.82, 2.24) is 9.97 Å². The molecule has 0 saturated carbocycles. The van der Waals surface area contributed by atoms with E-state index >= 15 is 0 Å². The second kappa shape index (κ2) is 7.17. The maximum Gasteiger partial charge on any atom is 0.156 e. The predicted octanol–water partition coefficient (Wildman–Crippen LogP) is 2.46. The van der Waals surface area contributed by atoms with Crippen LogP contribution >= 0.6 is 0 Å². The van der Waals surface area contributed by atoms with Crippen molar-refractivity contribution in [3.8, 4) is 0 Å². The van der Waals surface area contributed by atoms with E-state index in [9.17, 15) is 0 Å². The van der Waals surface area contributed by atoms with Crippen LogP contribution in [-0.4, -0.2) is 16.6 Å². The van der Waals surface area contributed by atoms with Gasteiger partial charge in [-0.05, 0) is 13.3 Å². The average Bonchev–Trinajstić information content (AvgIpc) is 2.22. The van der Waals surface area contributed by atoms with E-state index in [0.717, 1.165) is 18.7 Å². The van der Waals surface area contributed by atoms with Crippen molar-refractivity contribution >= 4 is 5.82 Å². The molecule has 1 rings (SSSR count). The van der Waals surface area contributed by atoms with E-state index < -0.39 is 0 Å². The highest BCUT2D eigenvalue weighted by Crippen LogP contribution is 2.04. The Hall–Kier alpha value is -1.16. The van der Waals surface area contributed by atoms with Crippen LogP contribution in [0.1, 0.15) is 44.1 Å². The fourth-order valence-corrected chi connectivity index (χ4v) is 1.52. The zero-order chi connectivity index (χ0) is 11.8. The highest BCUT2D eigenvalue weighted by atomic mass is 16.5. The smallest absolute Gasteiger partial charge is 0.156 e. The van der Waals surface area contributed by atoms with Crippen LogP contribution in [0.15, 0.2) is 6.07 Å². The van der Waals surface area contributed by atoms with Gasteiger partial charge in [0.1, 0.15) is 12.4 Å². The molecule has 90 valence electrons. The van der Waals surface area contributed by atoms with E-state index in [0.29, 0.717) is 18.2 Å². The molecule has 0 bridgehead atoms.